The van der Waals surface area contributed by atoms with E-state index in [-0.39, 0.29) is 17.9 Å². The van der Waals surface area contributed by atoms with E-state index in [1.54, 1.807) is 12.1 Å². The van der Waals surface area contributed by atoms with E-state index in [2.05, 4.69) is 20.9 Å². The van der Waals surface area contributed by atoms with Crippen molar-refractivity contribution in [1.82, 2.24) is 9.97 Å². The van der Waals surface area contributed by atoms with Crippen molar-refractivity contribution in [2.75, 3.05) is 18.1 Å². The molecular weight excluding hydrogens is 276 g/mol. The summed E-state index contributed by atoms with van der Waals surface area (Å²) in [5.74, 6) is 0.737. The van der Waals surface area contributed by atoms with E-state index in [1.807, 2.05) is 6.07 Å². The Kier molecular flexibility index (Phi) is 3.43. The summed E-state index contributed by atoms with van der Waals surface area (Å²) < 4.78 is 0. The van der Waals surface area contributed by atoms with Gasteiger partial charge in [0.1, 0.15) is 5.82 Å². The molecule has 1 aromatic heterocycles. The van der Waals surface area contributed by atoms with Crippen molar-refractivity contribution in [2.45, 2.75) is 18.9 Å². The molecule has 0 saturated carbocycles. The van der Waals surface area contributed by atoms with Crippen LogP contribution in [0.3, 0.4) is 0 Å². The van der Waals surface area contributed by atoms with Crippen molar-refractivity contribution >= 4 is 28.3 Å². The predicted molar refractivity (Wildman–Crippen MR) is 76.7 cm³/mol. The second kappa shape index (κ2) is 5.23. The molecule has 6 heteroatoms. The average molecular weight is 289 g/mol. The molecule has 1 N–H and O–H groups in total. The van der Waals surface area contributed by atoms with Crippen molar-refractivity contribution in [2.24, 2.45) is 0 Å². The van der Waals surface area contributed by atoms with Crippen LogP contribution in [0.5, 0.6) is 0 Å². The molecule has 0 radical (unpaired) electrons. The van der Waals surface area contributed by atoms with Gasteiger partial charge in [0.15, 0.2) is 0 Å². The molecule has 0 spiro atoms. The highest BCUT2D eigenvalue weighted by Crippen LogP contribution is 2.31. The molecule has 2 heterocycles. The van der Waals surface area contributed by atoms with Crippen LogP contribution in [0, 0.1) is 11.3 Å². The van der Waals surface area contributed by atoms with Crippen LogP contribution < -0.4 is 4.90 Å². The predicted octanol–water partition coefficient (Wildman–Crippen LogP) is 2.12. The standard InChI is InChI=1S/C14H13ClN4O/c15-14-17-12-6-9(7-16)3-4-11(12)13(18-14)19-5-1-2-10(19)8-20/h3-4,6,10,20H,1-2,5,8H2/t10-/m0/s1. The first kappa shape index (κ1) is 13.1. The number of hydrogen-bond donors (Lipinski definition) is 1. The van der Waals surface area contributed by atoms with Gasteiger partial charge in [-0.25, -0.2) is 4.98 Å². The lowest BCUT2D eigenvalue weighted by Gasteiger charge is -2.25. The van der Waals surface area contributed by atoms with Gasteiger partial charge in [-0.1, -0.05) is 0 Å². The lowest BCUT2D eigenvalue weighted by molar-refractivity contribution is 0.266. The number of benzene rings is 1. The van der Waals surface area contributed by atoms with Gasteiger partial charge in [-0.3, -0.25) is 0 Å². The maximum absolute atomic E-state index is 9.46. The van der Waals surface area contributed by atoms with E-state index in [4.69, 9.17) is 16.9 Å². The molecule has 20 heavy (non-hydrogen) atoms. The van der Waals surface area contributed by atoms with Gasteiger partial charge < -0.3 is 10.0 Å². The number of fused-ring (bicyclic) bond motifs is 1. The van der Waals surface area contributed by atoms with E-state index in [9.17, 15) is 5.11 Å². The Balaban J connectivity index is 2.17. The average Bonchev–Trinajstić information content (AvgIpc) is 2.93. The first-order chi connectivity index (χ1) is 9.72. The summed E-state index contributed by atoms with van der Waals surface area (Å²) in [6, 6.07) is 7.45. The van der Waals surface area contributed by atoms with Gasteiger partial charge in [0.05, 0.1) is 29.8 Å². The number of aliphatic hydroxyl groups excluding tert-OH is 1. The fraction of sp³-hybridized carbons (Fsp3) is 0.357. The van der Waals surface area contributed by atoms with Crippen LogP contribution in [-0.2, 0) is 0 Å². The van der Waals surface area contributed by atoms with Crippen LogP contribution in [0.1, 0.15) is 18.4 Å². The molecular formula is C14H13ClN4O. The quantitative estimate of drug-likeness (QED) is 0.857. The summed E-state index contributed by atoms with van der Waals surface area (Å²) in [5, 5.41) is 19.4. The number of rotatable bonds is 2. The fourth-order valence-corrected chi connectivity index (χ4v) is 2.85. The minimum absolute atomic E-state index is 0.0693. The number of nitrogens with zero attached hydrogens (tertiary/aromatic N) is 4. The molecule has 1 saturated heterocycles. The van der Waals surface area contributed by atoms with E-state index in [1.165, 1.54) is 0 Å². The number of nitriles is 1. The lowest BCUT2D eigenvalue weighted by Crippen LogP contribution is -2.33. The van der Waals surface area contributed by atoms with E-state index >= 15 is 0 Å². The number of hydrogen-bond acceptors (Lipinski definition) is 5. The largest absolute Gasteiger partial charge is 0.394 e. The van der Waals surface area contributed by atoms with Gasteiger partial charge in [-0.15, -0.1) is 0 Å². The van der Waals surface area contributed by atoms with Crippen molar-refractivity contribution in [3.63, 3.8) is 0 Å². The van der Waals surface area contributed by atoms with Gasteiger partial charge in [0.2, 0.25) is 5.28 Å². The number of aliphatic hydroxyl groups is 1. The summed E-state index contributed by atoms with van der Waals surface area (Å²) in [4.78, 5) is 10.6. The molecule has 1 aromatic carbocycles. The Hall–Kier alpha value is -1.90. The van der Waals surface area contributed by atoms with Gasteiger partial charge in [0.25, 0.3) is 0 Å². The maximum atomic E-state index is 9.46. The first-order valence-corrected chi connectivity index (χ1v) is 6.85. The minimum Gasteiger partial charge on any atom is -0.394 e. The first-order valence-electron chi connectivity index (χ1n) is 6.48. The van der Waals surface area contributed by atoms with Crippen LogP contribution in [0.4, 0.5) is 5.82 Å². The van der Waals surface area contributed by atoms with Crippen molar-refractivity contribution < 1.29 is 5.11 Å². The molecule has 1 aliphatic heterocycles. The van der Waals surface area contributed by atoms with Gasteiger partial charge >= 0.3 is 0 Å². The number of anilines is 1. The van der Waals surface area contributed by atoms with Crippen LogP contribution >= 0.6 is 11.6 Å². The third-order valence-electron chi connectivity index (χ3n) is 3.64. The summed E-state index contributed by atoms with van der Waals surface area (Å²) in [7, 11) is 0. The van der Waals surface area contributed by atoms with Crippen molar-refractivity contribution in [3.05, 3.63) is 29.0 Å². The van der Waals surface area contributed by atoms with Gasteiger partial charge in [-0.05, 0) is 42.6 Å². The van der Waals surface area contributed by atoms with Crippen LogP contribution in [0.2, 0.25) is 5.28 Å². The van der Waals surface area contributed by atoms with E-state index in [0.29, 0.717) is 11.1 Å². The van der Waals surface area contributed by atoms with Gasteiger partial charge in [0, 0.05) is 11.9 Å². The summed E-state index contributed by atoms with van der Waals surface area (Å²) in [5.41, 5.74) is 1.20. The molecule has 0 aliphatic carbocycles. The van der Waals surface area contributed by atoms with Crippen molar-refractivity contribution in [1.29, 1.82) is 5.26 Å². The van der Waals surface area contributed by atoms with Crippen molar-refractivity contribution in [3.8, 4) is 6.07 Å². The van der Waals surface area contributed by atoms with Crippen LogP contribution in [0.25, 0.3) is 10.9 Å². The zero-order valence-corrected chi connectivity index (χ0v) is 11.5. The number of halogens is 1. The Labute approximate surface area is 121 Å². The molecule has 3 rings (SSSR count). The molecule has 1 aliphatic rings. The highest BCUT2D eigenvalue weighted by molar-refractivity contribution is 6.28. The van der Waals surface area contributed by atoms with Crippen LogP contribution in [0.15, 0.2) is 18.2 Å². The second-order valence-corrected chi connectivity index (χ2v) is 5.17. The topological polar surface area (TPSA) is 73.0 Å². The monoisotopic (exact) mass is 288 g/mol. The molecule has 0 amide bonds. The molecule has 0 unspecified atom stereocenters. The highest BCUT2D eigenvalue weighted by Gasteiger charge is 2.26. The normalized spacial score (nSPS) is 18.4. The zero-order chi connectivity index (χ0) is 14.1. The zero-order valence-electron chi connectivity index (χ0n) is 10.8. The summed E-state index contributed by atoms with van der Waals surface area (Å²) in [6.07, 6.45) is 1.96. The van der Waals surface area contributed by atoms with E-state index in [0.717, 1.165) is 30.6 Å². The Morgan fingerprint density at radius 3 is 3.05 bits per heavy atom. The molecule has 1 fully saturated rings. The molecule has 0 bridgehead atoms. The Morgan fingerprint density at radius 1 is 1.45 bits per heavy atom. The van der Waals surface area contributed by atoms with Gasteiger partial charge in [-0.2, -0.15) is 10.2 Å². The number of aromatic nitrogens is 2. The maximum Gasteiger partial charge on any atom is 0.224 e. The highest BCUT2D eigenvalue weighted by atomic mass is 35.5. The SMILES string of the molecule is N#Cc1ccc2c(N3CCC[C@H]3CO)nc(Cl)nc2c1. The summed E-state index contributed by atoms with van der Waals surface area (Å²) >= 11 is 5.99. The van der Waals surface area contributed by atoms with E-state index < -0.39 is 0 Å². The third-order valence-corrected chi connectivity index (χ3v) is 3.81. The molecule has 5 nitrogen and oxygen atoms in total. The molecule has 102 valence electrons. The lowest BCUT2D eigenvalue weighted by atomic mass is 10.1. The Bertz CT molecular complexity index is 697. The molecule has 1 atom stereocenters. The summed E-state index contributed by atoms with van der Waals surface area (Å²) in [6.45, 7) is 0.938. The second-order valence-electron chi connectivity index (χ2n) is 4.83. The minimum atomic E-state index is 0.0693. The Morgan fingerprint density at radius 2 is 2.30 bits per heavy atom. The molecule has 2 aromatic rings. The third kappa shape index (κ3) is 2.17. The fourth-order valence-electron chi connectivity index (χ4n) is 2.68. The smallest absolute Gasteiger partial charge is 0.224 e. The van der Waals surface area contributed by atoms with Crippen LogP contribution in [-0.4, -0.2) is 34.3 Å².